The van der Waals surface area contributed by atoms with E-state index in [1.165, 1.54) is 18.3 Å². The summed E-state index contributed by atoms with van der Waals surface area (Å²) in [6, 6.07) is 0. The number of hydrogen-bond acceptors (Lipinski definition) is 2. The molecule has 82 valence electrons. The van der Waals surface area contributed by atoms with Crippen molar-refractivity contribution in [2.45, 2.75) is 32.6 Å². The Morgan fingerprint density at radius 1 is 1.73 bits per heavy atom. The molecule has 2 rings (SSSR count). The minimum absolute atomic E-state index is 0.109. The van der Waals surface area contributed by atoms with Gasteiger partial charge in [-0.05, 0) is 37.2 Å². The zero-order valence-electron chi connectivity index (χ0n) is 9.44. The summed E-state index contributed by atoms with van der Waals surface area (Å²) in [5.74, 6) is 0.687. The molecule has 1 aliphatic rings. The first-order valence-corrected chi connectivity index (χ1v) is 5.57. The third kappa shape index (κ3) is 2.11. The smallest absolute Gasteiger partial charge is 0.126 e. The van der Waals surface area contributed by atoms with Crippen LogP contribution in [0.5, 0.6) is 0 Å². The van der Waals surface area contributed by atoms with Gasteiger partial charge in [0.1, 0.15) is 6.29 Å². The molecule has 1 aromatic rings. The standard InChI is InChI=1S/C12H18N2O/c1-10-3-4-12(5-10,9-15)6-11-7-13-14(2)8-11/h7-10H,3-6H2,1-2H3. The third-order valence-electron chi connectivity index (χ3n) is 3.45. The van der Waals surface area contributed by atoms with Gasteiger partial charge in [0.15, 0.2) is 0 Å². The summed E-state index contributed by atoms with van der Waals surface area (Å²) < 4.78 is 1.80. The lowest BCUT2D eigenvalue weighted by atomic mass is 9.81. The van der Waals surface area contributed by atoms with Gasteiger partial charge in [-0.25, -0.2) is 0 Å². The molecule has 2 atom stereocenters. The average Bonchev–Trinajstić information content (AvgIpc) is 2.75. The molecular weight excluding hydrogens is 188 g/mol. The highest BCUT2D eigenvalue weighted by molar-refractivity contribution is 5.60. The van der Waals surface area contributed by atoms with Crippen LogP contribution < -0.4 is 0 Å². The lowest BCUT2D eigenvalue weighted by Gasteiger charge is -2.21. The lowest BCUT2D eigenvalue weighted by molar-refractivity contribution is -0.116. The van der Waals surface area contributed by atoms with Crippen molar-refractivity contribution >= 4 is 6.29 Å². The summed E-state index contributed by atoms with van der Waals surface area (Å²) >= 11 is 0. The molecule has 15 heavy (non-hydrogen) atoms. The molecule has 0 bridgehead atoms. The summed E-state index contributed by atoms with van der Waals surface area (Å²) in [7, 11) is 1.91. The molecule has 0 spiro atoms. The van der Waals surface area contributed by atoms with Gasteiger partial charge in [0.2, 0.25) is 0 Å². The Hall–Kier alpha value is -1.12. The summed E-state index contributed by atoms with van der Waals surface area (Å²) in [6.45, 7) is 2.23. The minimum Gasteiger partial charge on any atom is -0.303 e. The molecule has 3 heteroatoms. The van der Waals surface area contributed by atoms with Gasteiger partial charge >= 0.3 is 0 Å². The second-order valence-corrected chi connectivity index (χ2v) is 5.03. The zero-order valence-corrected chi connectivity index (χ0v) is 9.44. The second-order valence-electron chi connectivity index (χ2n) is 5.03. The van der Waals surface area contributed by atoms with E-state index < -0.39 is 0 Å². The number of carbonyl (C=O) groups excluding carboxylic acids is 1. The van der Waals surface area contributed by atoms with Gasteiger partial charge in [-0.3, -0.25) is 4.68 Å². The predicted molar refractivity (Wildman–Crippen MR) is 58.4 cm³/mol. The SMILES string of the molecule is CC1CCC(C=O)(Cc2cnn(C)c2)C1. The first-order chi connectivity index (χ1) is 7.13. The molecule has 0 N–H and O–H groups in total. The fourth-order valence-electron chi connectivity index (χ4n) is 2.71. The fourth-order valence-corrected chi connectivity index (χ4v) is 2.71. The summed E-state index contributed by atoms with van der Waals surface area (Å²) in [6.07, 6.45) is 9.15. The van der Waals surface area contributed by atoms with Crippen molar-refractivity contribution in [2.75, 3.05) is 0 Å². The van der Waals surface area contributed by atoms with E-state index in [4.69, 9.17) is 0 Å². The van der Waals surface area contributed by atoms with Crippen molar-refractivity contribution in [3.8, 4) is 0 Å². The van der Waals surface area contributed by atoms with Crippen LogP contribution in [0.2, 0.25) is 0 Å². The minimum atomic E-state index is -0.109. The lowest BCUT2D eigenvalue weighted by Crippen LogP contribution is -2.21. The highest BCUT2D eigenvalue weighted by Crippen LogP contribution is 2.42. The van der Waals surface area contributed by atoms with Gasteiger partial charge in [-0.1, -0.05) is 6.92 Å². The van der Waals surface area contributed by atoms with E-state index in [0.29, 0.717) is 5.92 Å². The van der Waals surface area contributed by atoms with Crippen LogP contribution in [0.4, 0.5) is 0 Å². The molecule has 1 aliphatic carbocycles. The Labute approximate surface area is 90.5 Å². The van der Waals surface area contributed by atoms with E-state index in [2.05, 4.69) is 12.0 Å². The number of aromatic nitrogens is 2. The molecule has 2 unspecified atom stereocenters. The Kier molecular flexibility index (Phi) is 2.63. The van der Waals surface area contributed by atoms with Crippen molar-refractivity contribution in [3.63, 3.8) is 0 Å². The summed E-state index contributed by atoms with van der Waals surface area (Å²) in [5, 5.41) is 4.14. The predicted octanol–water partition coefficient (Wildman–Crippen LogP) is 1.97. The van der Waals surface area contributed by atoms with E-state index in [0.717, 1.165) is 19.3 Å². The number of carbonyl (C=O) groups is 1. The number of aldehydes is 1. The third-order valence-corrected chi connectivity index (χ3v) is 3.45. The van der Waals surface area contributed by atoms with Crippen LogP contribution in [0.25, 0.3) is 0 Å². The van der Waals surface area contributed by atoms with Crippen molar-refractivity contribution in [2.24, 2.45) is 18.4 Å². The quantitative estimate of drug-likeness (QED) is 0.709. The van der Waals surface area contributed by atoms with Gasteiger partial charge in [0, 0.05) is 18.7 Å². The van der Waals surface area contributed by atoms with E-state index in [-0.39, 0.29) is 5.41 Å². The molecule has 1 aromatic heterocycles. The maximum Gasteiger partial charge on any atom is 0.126 e. The molecule has 0 saturated heterocycles. The van der Waals surface area contributed by atoms with E-state index in [9.17, 15) is 4.79 Å². The summed E-state index contributed by atoms with van der Waals surface area (Å²) in [4.78, 5) is 11.3. The molecule has 0 aromatic carbocycles. The Morgan fingerprint density at radius 2 is 2.53 bits per heavy atom. The number of nitrogens with zero attached hydrogens (tertiary/aromatic N) is 2. The van der Waals surface area contributed by atoms with Crippen molar-refractivity contribution < 1.29 is 4.79 Å². The van der Waals surface area contributed by atoms with Crippen LogP contribution in [0, 0.1) is 11.3 Å². The van der Waals surface area contributed by atoms with E-state index in [1.807, 2.05) is 19.4 Å². The monoisotopic (exact) mass is 206 g/mol. The molecular formula is C12H18N2O. The molecule has 0 aliphatic heterocycles. The molecule has 3 nitrogen and oxygen atoms in total. The topological polar surface area (TPSA) is 34.9 Å². The Balaban J connectivity index is 2.12. The van der Waals surface area contributed by atoms with E-state index >= 15 is 0 Å². The number of rotatable bonds is 3. The van der Waals surface area contributed by atoms with Crippen LogP contribution in [-0.4, -0.2) is 16.1 Å². The van der Waals surface area contributed by atoms with Crippen LogP contribution in [-0.2, 0) is 18.3 Å². The molecule has 0 radical (unpaired) electrons. The van der Waals surface area contributed by atoms with Crippen LogP contribution in [0.3, 0.4) is 0 Å². The van der Waals surface area contributed by atoms with Gasteiger partial charge in [-0.15, -0.1) is 0 Å². The molecule has 1 fully saturated rings. The molecule has 1 saturated carbocycles. The maximum absolute atomic E-state index is 11.3. The number of aryl methyl sites for hydroxylation is 1. The Morgan fingerprint density at radius 3 is 3.00 bits per heavy atom. The van der Waals surface area contributed by atoms with Crippen molar-refractivity contribution in [1.82, 2.24) is 9.78 Å². The normalized spacial score (nSPS) is 30.7. The largest absolute Gasteiger partial charge is 0.303 e. The highest BCUT2D eigenvalue weighted by Gasteiger charge is 2.37. The fraction of sp³-hybridized carbons (Fsp3) is 0.667. The van der Waals surface area contributed by atoms with Crippen LogP contribution in [0.15, 0.2) is 12.4 Å². The first-order valence-electron chi connectivity index (χ1n) is 5.57. The van der Waals surface area contributed by atoms with Crippen LogP contribution in [0.1, 0.15) is 31.7 Å². The highest BCUT2D eigenvalue weighted by atomic mass is 16.1. The summed E-state index contributed by atoms with van der Waals surface area (Å²) in [5.41, 5.74) is 1.07. The molecule has 1 heterocycles. The van der Waals surface area contributed by atoms with Crippen molar-refractivity contribution in [1.29, 1.82) is 0 Å². The van der Waals surface area contributed by atoms with Gasteiger partial charge in [0.05, 0.1) is 6.20 Å². The average molecular weight is 206 g/mol. The second kappa shape index (κ2) is 3.80. The zero-order chi connectivity index (χ0) is 10.9. The number of hydrogen-bond donors (Lipinski definition) is 0. The van der Waals surface area contributed by atoms with Crippen molar-refractivity contribution in [3.05, 3.63) is 18.0 Å². The van der Waals surface area contributed by atoms with Crippen LogP contribution >= 0.6 is 0 Å². The first kappa shape index (κ1) is 10.4. The Bertz CT molecular complexity index is 358. The molecule has 0 amide bonds. The van der Waals surface area contributed by atoms with E-state index in [1.54, 1.807) is 4.68 Å². The van der Waals surface area contributed by atoms with Gasteiger partial charge in [0.25, 0.3) is 0 Å². The van der Waals surface area contributed by atoms with Gasteiger partial charge < -0.3 is 4.79 Å². The van der Waals surface area contributed by atoms with Gasteiger partial charge in [-0.2, -0.15) is 5.10 Å². The maximum atomic E-state index is 11.3.